The van der Waals surface area contributed by atoms with E-state index in [2.05, 4.69) is 4.90 Å². The molecule has 1 aromatic heterocycles. The number of piperazine rings is 1. The van der Waals surface area contributed by atoms with E-state index in [0.29, 0.717) is 23.9 Å². The summed E-state index contributed by atoms with van der Waals surface area (Å²) in [4.78, 5) is 30.5. The van der Waals surface area contributed by atoms with Gasteiger partial charge in [-0.15, -0.1) is 0 Å². The Hall–Kier alpha value is -3.31. The van der Waals surface area contributed by atoms with Crippen LogP contribution in [-0.2, 0) is 11.3 Å². The average molecular weight is 446 g/mol. The van der Waals surface area contributed by atoms with Gasteiger partial charge in [0.1, 0.15) is 6.54 Å². The molecular weight excluding hydrogens is 422 g/mol. The van der Waals surface area contributed by atoms with Gasteiger partial charge in [0.25, 0.3) is 0 Å². The van der Waals surface area contributed by atoms with Crippen molar-refractivity contribution in [1.29, 1.82) is 0 Å². The number of rotatable bonds is 3. The Balaban J connectivity index is 1.42. The van der Waals surface area contributed by atoms with E-state index in [1.165, 1.54) is 0 Å². The molecule has 162 valence electrons. The zero-order chi connectivity index (χ0) is 22.2. The number of aryl methyl sites for hydroxylation is 1. The van der Waals surface area contributed by atoms with E-state index in [0.717, 1.165) is 40.4 Å². The minimum atomic E-state index is 0.0135. The summed E-state index contributed by atoms with van der Waals surface area (Å²) in [7, 11) is 0. The number of benzene rings is 3. The van der Waals surface area contributed by atoms with E-state index >= 15 is 0 Å². The molecular formula is C26H24ClN3O2. The van der Waals surface area contributed by atoms with Crippen molar-refractivity contribution in [1.82, 2.24) is 9.47 Å². The maximum absolute atomic E-state index is 13.3. The second kappa shape index (κ2) is 8.32. The van der Waals surface area contributed by atoms with Crippen molar-refractivity contribution in [2.45, 2.75) is 13.5 Å². The lowest BCUT2D eigenvalue weighted by atomic mass is 10.1. The van der Waals surface area contributed by atoms with Crippen LogP contribution < -0.4 is 10.3 Å². The largest absolute Gasteiger partial charge is 0.368 e. The van der Waals surface area contributed by atoms with Crippen LogP contribution in [0, 0.1) is 6.92 Å². The normalized spacial score (nSPS) is 14.3. The highest BCUT2D eigenvalue weighted by molar-refractivity contribution is 6.30. The number of anilines is 1. The first-order chi connectivity index (χ1) is 15.5. The molecule has 3 aromatic carbocycles. The van der Waals surface area contributed by atoms with Crippen molar-refractivity contribution in [3.63, 3.8) is 0 Å². The van der Waals surface area contributed by atoms with Crippen LogP contribution >= 0.6 is 11.6 Å². The van der Waals surface area contributed by atoms with E-state index in [-0.39, 0.29) is 17.9 Å². The summed E-state index contributed by atoms with van der Waals surface area (Å²) in [5.74, 6) is 0.0661. The molecule has 0 saturated carbocycles. The maximum atomic E-state index is 13.3. The zero-order valence-electron chi connectivity index (χ0n) is 17.9. The molecule has 1 aliphatic rings. The molecule has 2 heterocycles. The fraction of sp³-hybridized carbons (Fsp3) is 0.231. The van der Waals surface area contributed by atoms with Crippen LogP contribution in [0.5, 0.6) is 0 Å². The second-order valence-corrected chi connectivity index (χ2v) is 8.73. The van der Waals surface area contributed by atoms with E-state index in [9.17, 15) is 9.59 Å². The summed E-state index contributed by atoms with van der Waals surface area (Å²) in [6, 6.07) is 21.2. The first-order valence-electron chi connectivity index (χ1n) is 10.8. The summed E-state index contributed by atoms with van der Waals surface area (Å²) in [5, 5.41) is 2.02. The number of para-hydroxylation sites is 1. The molecule has 0 N–H and O–H groups in total. The zero-order valence-corrected chi connectivity index (χ0v) is 18.7. The molecule has 4 aromatic rings. The average Bonchev–Trinajstić information content (AvgIpc) is 2.82. The molecule has 1 amide bonds. The van der Waals surface area contributed by atoms with Gasteiger partial charge in [0.05, 0.1) is 11.0 Å². The van der Waals surface area contributed by atoms with Crippen LogP contribution in [0.25, 0.3) is 21.8 Å². The molecule has 0 aliphatic carbocycles. The maximum Gasteiger partial charge on any atom is 0.242 e. The predicted octanol–water partition coefficient (Wildman–Crippen LogP) is 4.47. The van der Waals surface area contributed by atoms with Gasteiger partial charge < -0.3 is 14.4 Å². The van der Waals surface area contributed by atoms with Crippen molar-refractivity contribution in [2.24, 2.45) is 0 Å². The summed E-state index contributed by atoms with van der Waals surface area (Å²) < 4.78 is 1.99. The van der Waals surface area contributed by atoms with Crippen molar-refractivity contribution < 1.29 is 4.79 Å². The van der Waals surface area contributed by atoms with Gasteiger partial charge >= 0.3 is 0 Å². The molecule has 1 saturated heterocycles. The fourth-order valence-corrected chi connectivity index (χ4v) is 4.64. The lowest BCUT2D eigenvalue weighted by Gasteiger charge is -2.36. The highest BCUT2D eigenvalue weighted by atomic mass is 35.5. The van der Waals surface area contributed by atoms with Crippen molar-refractivity contribution in [2.75, 3.05) is 31.1 Å². The molecule has 1 aliphatic heterocycles. The number of nitrogens with zero attached hydrogens (tertiary/aromatic N) is 3. The number of hydrogen-bond acceptors (Lipinski definition) is 3. The van der Waals surface area contributed by atoms with Gasteiger partial charge in [-0.3, -0.25) is 9.59 Å². The van der Waals surface area contributed by atoms with Gasteiger partial charge in [-0.05, 0) is 55.5 Å². The van der Waals surface area contributed by atoms with Crippen molar-refractivity contribution >= 4 is 45.0 Å². The number of carbonyl (C=O) groups excluding carboxylic acids is 1. The lowest BCUT2D eigenvalue weighted by molar-refractivity contribution is -0.132. The van der Waals surface area contributed by atoms with Crippen LogP contribution in [0.15, 0.2) is 71.5 Å². The molecule has 5 rings (SSSR count). The molecule has 6 heteroatoms. The van der Waals surface area contributed by atoms with Crippen molar-refractivity contribution in [3.05, 3.63) is 87.5 Å². The topological polar surface area (TPSA) is 45.6 Å². The number of hydrogen-bond donors (Lipinski definition) is 0. The molecule has 0 spiro atoms. The Kier molecular flexibility index (Phi) is 5.35. The summed E-state index contributed by atoms with van der Waals surface area (Å²) in [6.45, 7) is 5.06. The molecule has 1 fully saturated rings. The summed E-state index contributed by atoms with van der Waals surface area (Å²) >= 11 is 6.00. The monoisotopic (exact) mass is 445 g/mol. The van der Waals surface area contributed by atoms with Crippen LogP contribution in [0.2, 0.25) is 5.02 Å². The number of carbonyl (C=O) groups is 1. The van der Waals surface area contributed by atoms with Gasteiger partial charge in [-0.2, -0.15) is 0 Å². The highest BCUT2D eigenvalue weighted by Gasteiger charge is 2.22. The molecule has 0 radical (unpaired) electrons. The van der Waals surface area contributed by atoms with Gasteiger partial charge in [0.2, 0.25) is 5.91 Å². The van der Waals surface area contributed by atoms with Gasteiger partial charge in [-0.1, -0.05) is 35.4 Å². The quantitative estimate of drug-likeness (QED) is 0.437. The molecule has 32 heavy (non-hydrogen) atoms. The van der Waals surface area contributed by atoms with E-state index < -0.39 is 0 Å². The fourth-order valence-electron chi connectivity index (χ4n) is 4.51. The number of halogens is 1. The molecule has 0 bridgehead atoms. The number of aromatic nitrogens is 1. The first-order valence-corrected chi connectivity index (χ1v) is 11.2. The Morgan fingerprint density at radius 2 is 1.56 bits per heavy atom. The Bertz CT molecular complexity index is 1370. The van der Waals surface area contributed by atoms with Crippen LogP contribution in [0.4, 0.5) is 5.69 Å². The van der Waals surface area contributed by atoms with Crippen molar-refractivity contribution in [3.8, 4) is 0 Å². The third-order valence-corrected chi connectivity index (χ3v) is 6.50. The Labute approximate surface area is 191 Å². The lowest BCUT2D eigenvalue weighted by Crippen LogP contribution is -2.49. The van der Waals surface area contributed by atoms with E-state index in [1.54, 1.807) is 0 Å². The summed E-state index contributed by atoms with van der Waals surface area (Å²) in [6.07, 6.45) is 0. The van der Waals surface area contributed by atoms with E-state index in [4.69, 9.17) is 11.6 Å². The summed E-state index contributed by atoms with van der Waals surface area (Å²) in [5.41, 5.74) is 3.75. The standard InChI is InChI=1S/C26H24ClN3O2/c1-18-6-11-24-22(16-18)26(32)21-4-2-3-5-23(21)30(24)17-25(31)29-14-12-28(13-15-29)20-9-7-19(27)8-10-20/h2-11,16H,12-15,17H2,1H3. The predicted molar refractivity (Wildman–Crippen MR) is 131 cm³/mol. The van der Waals surface area contributed by atoms with Crippen LogP contribution in [0.1, 0.15) is 5.56 Å². The molecule has 5 nitrogen and oxygen atoms in total. The minimum absolute atomic E-state index is 0.0135. The number of pyridine rings is 1. The second-order valence-electron chi connectivity index (χ2n) is 8.30. The number of fused-ring (bicyclic) bond motifs is 2. The van der Waals surface area contributed by atoms with Gasteiger partial charge in [0, 0.05) is 47.7 Å². The SMILES string of the molecule is Cc1ccc2c(c1)c(=O)c1ccccc1n2CC(=O)N1CCN(c2ccc(Cl)cc2)CC1. The Morgan fingerprint density at radius 3 is 2.31 bits per heavy atom. The van der Waals surface area contributed by atoms with Gasteiger partial charge in [0.15, 0.2) is 5.43 Å². The van der Waals surface area contributed by atoms with Gasteiger partial charge in [-0.25, -0.2) is 0 Å². The number of amides is 1. The third-order valence-electron chi connectivity index (χ3n) is 6.24. The molecule has 0 unspecified atom stereocenters. The molecule has 0 atom stereocenters. The highest BCUT2D eigenvalue weighted by Crippen LogP contribution is 2.22. The van der Waals surface area contributed by atoms with Crippen LogP contribution in [0.3, 0.4) is 0 Å². The van der Waals surface area contributed by atoms with Crippen LogP contribution in [-0.4, -0.2) is 41.6 Å². The van der Waals surface area contributed by atoms with E-state index in [1.807, 2.05) is 83.1 Å². The smallest absolute Gasteiger partial charge is 0.242 e. The minimum Gasteiger partial charge on any atom is -0.368 e. The first kappa shape index (κ1) is 20.6. The third kappa shape index (κ3) is 3.73. The Morgan fingerprint density at radius 1 is 0.875 bits per heavy atom.